The molecule has 3 aromatic rings. The summed E-state index contributed by atoms with van der Waals surface area (Å²) in [5, 5.41) is 10.2. The number of halogens is 1. The van der Waals surface area contributed by atoms with Gasteiger partial charge in [-0.15, -0.1) is 0 Å². The molecule has 0 unspecified atom stereocenters. The van der Waals surface area contributed by atoms with Crippen molar-refractivity contribution in [3.05, 3.63) is 104 Å². The fraction of sp³-hybridized carbons (Fsp3) is 0.115. The Morgan fingerprint density at radius 2 is 1.76 bits per heavy atom. The Bertz CT molecular complexity index is 1410. The maximum atomic E-state index is 13.1. The Morgan fingerprint density at radius 3 is 2.41 bits per heavy atom. The molecule has 9 nitrogen and oxygen atoms in total. The van der Waals surface area contributed by atoms with E-state index in [-0.39, 0.29) is 28.6 Å². The van der Waals surface area contributed by atoms with Gasteiger partial charge in [0.2, 0.25) is 0 Å². The largest absolute Gasteiger partial charge is 0.493 e. The number of non-ortho nitro benzene ring substituents is 1. The predicted molar refractivity (Wildman–Crippen MR) is 134 cm³/mol. The predicted octanol–water partition coefficient (Wildman–Crippen LogP) is 5.24. The number of Topliss-reactive ketones (excluding diaryl/α,β-unsaturated/α-hetero) is 1. The molecule has 1 saturated heterocycles. The van der Waals surface area contributed by atoms with Crippen molar-refractivity contribution >= 4 is 40.5 Å². The van der Waals surface area contributed by atoms with Gasteiger partial charge in [-0.3, -0.25) is 29.4 Å². The number of nitro benzene ring substituents is 1. The zero-order valence-corrected chi connectivity index (χ0v) is 20.2. The smallest absolute Gasteiger partial charge is 0.293 e. The topological polar surface area (TPSA) is 116 Å². The van der Waals surface area contributed by atoms with Crippen LogP contribution in [0.4, 0.5) is 14.9 Å². The summed E-state index contributed by atoms with van der Waals surface area (Å²) in [4.78, 5) is 49.0. The van der Waals surface area contributed by atoms with Crippen LogP contribution < -0.4 is 9.47 Å². The molecule has 2 amide bonds. The standard InChI is InChI=1S/C26H19FN2O7S/c1-35-23-12-17(4-11-22(23)36-15-16-2-7-19(27)8-3-16)13-24-25(31)28(26(32)37-24)14-21(30)18-5-9-20(10-6-18)29(33)34/h2-13H,14-15H2,1H3/b24-13-. The van der Waals surface area contributed by atoms with Gasteiger partial charge in [0.05, 0.1) is 23.5 Å². The molecule has 4 rings (SSSR count). The SMILES string of the molecule is COc1cc(/C=C2\SC(=O)N(CC(=O)c3ccc([N+](=O)[O-])cc3)C2=O)ccc1OCc1ccc(F)cc1. The Hall–Kier alpha value is -4.51. The second-order valence-corrected chi connectivity index (χ2v) is 8.81. The van der Waals surface area contributed by atoms with Gasteiger partial charge in [0.25, 0.3) is 16.8 Å². The molecular weight excluding hydrogens is 503 g/mol. The van der Waals surface area contributed by atoms with Crippen molar-refractivity contribution in [2.24, 2.45) is 0 Å². The molecule has 0 radical (unpaired) electrons. The van der Waals surface area contributed by atoms with E-state index in [0.717, 1.165) is 10.5 Å². The maximum absolute atomic E-state index is 13.1. The van der Waals surface area contributed by atoms with Gasteiger partial charge in [0, 0.05) is 17.7 Å². The monoisotopic (exact) mass is 522 g/mol. The fourth-order valence-electron chi connectivity index (χ4n) is 3.43. The van der Waals surface area contributed by atoms with E-state index in [1.54, 1.807) is 30.3 Å². The summed E-state index contributed by atoms with van der Waals surface area (Å²) in [5.74, 6) is -0.663. The number of nitro groups is 1. The highest BCUT2D eigenvalue weighted by Crippen LogP contribution is 2.35. The number of methoxy groups -OCH3 is 1. The Kier molecular flexibility index (Phi) is 7.63. The molecule has 3 aromatic carbocycles. The number of ketones is 1. The molecule has 1 fully saturated rings. The summed E-state index contributed by atoms with van der Waals surface area (Å²) in [5.41, 5.74) is 1.31. The number of rotatable bonds is 9. The van der Waals surface area contributed by atoms with Crippen LogP contribution in [0.15, 0.2) is 71.6 Å². The summed E-state index contributed by atoms with van der Waals surface area (Å²) in [6, 6.07) is 15.8. The lowest BCUT2D eigenvalue weighted by atomic mass is 10.1. The summed E-state index contributed by atoms with van der Waals surface area (Å²) in [7, 11) is 1.46. The van der Waals surface area contributed by atoms with Crippen LogP contribution in [-0.4, -0.2) is 40.4 Å². The molecule has 1 aliphatic heterocycles. The number of carbonyl (C=O) groups is 3. The average molecular weight is 523 g/mol. The third-order valence-corrected chi connectivity index (χ3v) is 6.28. The number of nitrogens with zero attached hydrogens (tertiary/aromatic N) is 2. The fourth-order valence-corrected chi connectivity index (χ4v) is 4.26. The van der Waals surface area contributed by atoms with Crippen molar-refractivity contribution in [3.63, 3.8) is 0 Å². The summed E-state index contributed by atoms with van der Waals surface area (Å²) in [6.07, 6.45) is 1.51. The maximum Gasteiger partial charge on any atom is 0.293 e. The van der Waals surface area contributed by atoms with Crippen LogP contribution in [0.1, 0.15) is 21.5 Å². The van der Waals surface area contributed by atoms with Gasteiger partial charge in [0.1, 0.15) is 12.4 Å². The zero-order chi connectivity index (χ0) is 26.5. The van der Waals surface area contributed by atoms with Crippen molar-refractivity contribution in [2.75, 3.05) is 13.7 Å². The van der Waals surface area contributed by atoms with Crippen LogP contribution in [-0.2, 0) is 11.4 Å². The van der Waals surface area contributed by atoms with Crippen LogP contribution >= 0.6 is 11.8 Å². The first-order valence-electron chi connectivity index (χ1n) is 10.8. The van der Waals surface area contributed by atoms with Crippen molar-refractivity contribution in [3.8, 4) is 11.5 Å². The van der Waals surface area contributed by atoms with Gasteiger partial charge < -0.3 is 9.47 Å². The van der Waals surface area contributed by atoms with E-state index in [0.29, 0.717) is 28.8 Å². The average Bonchev–Trinajstić information content (AvgIpc) is 3.15. The molecule has 0 atom stereocenters. The van der Waals surface area contributed by atoms with E-state index in [1.807, 2.05) is 0 Å². The molecule has 1 aliphatic rings. The number of amides is 2. The Labute approximate surface area is 214 Å². The number of hydrogen-bond donors (Lipinski definition) is 0. The first kappa shape index (κ1) is 25.6. The Morgan fingerprint density at radius 1 is 1.05 bits per heavy atom. The number of benzene rings is 3. The molecule has 11 heteroatoms. The molecule has 0 aromatic heterocycles. The van der Waals surface area contributed by atoms with E-state index in [9.17, 15) is 28.9 Å². The number of hydrogen-bond acceptors (Lipinski definition) is 8. The number of thioether (sulfide) groups is 1. The van der Waals surface area contributed by atoms with Gasteiger partial charge in [-0.1, -0.05) is 18.2 Å². The lowest BCUT2D eigenvalue weighted by molar-refractivity contribution is -0.384. The highest BCUT2D eigenvalue weighted by molar-refractivity contribution is 8.18. The summed E-state index contributed by atoms with van der Waals surface area (Å²) in [6.45, 7) is -0.295. The first-order valence-corrected chi connectivity index (χ1v) is 11.6. The van der Waals surface area contributed by atoms with E-state index in [1.165, 1.54) is 49.6 Å². The normalized spacial score (nSPS) is 14.2. The van der Waals surface area contributed by atoms with Gasteiger partial charge in [-0.25, -0.2) is 4.39 Å². The van der Waals surface area contributed by atoms with Gasteiger partial charge in [-0.2, -0.15) is 0 Å². The minimum atomic E-state index is -0.624. The lowest BCUT2D eigenvalue weighted by Crippen LogP contribution is -2.33. The summed E-state index contributed by atoms with van der Waals surface area (Å²) >= 11 is 0.701. The summed E-state index contributed by atoms with van der Waals surface area (Å²) < 4.78 is 24.2. The van der Waals surface area contributed by atoms with Crippen LogP contribution in [0.3, 0.4) is 0 Å². The van der Waals surface area contributed by atoms with Crippen molar-refractivity contribution in [1.82, 2.24) is 4.90 Å². The highest BCUT2D eigenvalue weighted by Gasteiger charge is 2.36. The quantitative estimate of drug-likeness (QED) is 0.162. The van der Waals surface area contributed by atoms with E-state index in [2.05, 4.69) is 0 Å². The minimum Gasteiger partial charge on any atom is -0.493 e. The van der Waals surface area contributed by atoms with Crippen LogP contribution in [0.25, 0.3) is 6.08 Å². The molecule has 0 saturated carbocycles. The molecule has 0 N–H and O–H groups in total. The lowest BCUT2D eigenvalue weighted by Gasteiger charge is -2.12. The molecule has 188 valence electrons. The Balaban J connectivity index is 1.44. The second-order valence-electron chi connectivity index (χ2n) is 7.82. The molecule has 0 aliphatic carbocycles. The van der Waals surface area contributed by atoms with Crippen molar-refractivity contribution in [1.29, 1.82) is 0 Å². The molecule has 1 heterocycles. The van der Waals surface area contributed by atoms with Crippen LogP contribution in [0, 0.1) is 15.9 Å². The number of imide groups is 1. The third kappa shape index (κ3) is 6.01. The first-order chi connectivity index (χ1) is 17.7. The minimum absolute atomic E-state index is 0.128. The zero-order valence-electron chi connectivity index (χ0n) is 19.4. The van der Waals surface area contributed by atoms with Gasteiger partial charge in [-0.05, 0) is 65.4 Å². The second kappa shape index (κ2) is 11.0. The molecular formula is C26H19FN2O7S. The van der Waals surface area contributed by atoms with Crippen LogP contribution in [0.5, 0.6) is 11.5 Å². The van der Waals surface area contributed by atoms with E-state index >= 15 is 0 Å². The highest BCUT2D eigenvalue weighted by atomic mass is 32.2. The van der Waals surface area contributed by atoms with Gasteiger partial charge >= 0.3 is 0 Å². The van der Waals surface area contributed by atoms with Crippen LogP contribution in [0.2, 0.25) is 0 Å². The third-order valence-electron chi connectivity index (χ3n) is 5.37. The van der Waals surface area contributed by atoms with Crippen molar-refractivity contribution in [2.45, 2.75) is 6.61 Å². The van der Waals surface area contributed by atoms with E-state index in [4.69, 9.17) is 9.47 Å². The molecule has 0 bridgehead atoms. The number of ether oxygens (including phenoxy) is 2. The number of carbonyl (C=O) groups excluding carboxylic acids is 3. The van der Waals surface area contributed by atoms with E-state index < -0.39 is 28.4 Å². The van der Waals surface area contributed by atoms with Gasteiger partial charge in [0.15, 0.2) is 17.3 Å². The molecule has 37 heavy (non-hydrogen) atoms. The molecule has 0 spiro atoms. The van der Waals surface area contributed by atoms with Crippen molar-refractivity contribution < 1.29 is 33.2 Å².